The minimum atomic E-state index is -3.72. The van der Waals surface area contributed by atoms with Gasteiger partial charge in [-0.15, -0.1) is 0 Å². The quantitative estimate of drug-likeness (QED) is 0.745. The molecule has 3 aromatic rings. The molecule has 0 saturated heterocycles. The minimum absolute atomic E-state index is 0.149. The van der Waals surface area contributed by atoms with E-state index in [0.717, 1.165) is 11.1 Å². The van der Waals surface area contributed by atoms with Crippen LogP contribution in [-0.4, -0.2) is 18.6 Å². The van der Waals surface area contributed by atoms with Crippen molar-refractivity contribution >= 4 is 49.8 Å². The summed E-state index contributed by atoms with van der Waals surface area (Å²) in [6.45, 7) is 1.83. The number of sulfonamides is 1. The summed E-state index contributed by atoms with van der Waals surface area (Å²) in [5, 5.41) is 8.30. The molecule has 2 aromatic carbocycles. The zero-order valence-corrected chi connectivity index (χ0v) is 13.7. The lowest BCUT2D eigenvalue weighted by Crippen LogP contribution is -2.12. The third-order valence-corrected chi connectivity index (χ3v) is 5.32. The summed E-state index contributed by atoms with van der Waals surface area (Å²) < 4.78 is 27.4. The van der Waals surface area contributed by atoms with Gasteiger partial charge in [0.1, 0.15) is 0 Å². The Hall–Kier alpha value is -1.76. The molecule has 0 aliphatic rings. The lowest BCUT2D eigenvalue weighted by atomic mass is 10.2. The molecule has 0 saturated carbocycles. The van der Waals surface area contributed by atoms with Crippen LogP contribution in [0.3, 0.4) is 0 Å². The average Bonchev–Trinajstić information content (AvgIpc) is 2.84. The predicted octanol–water partition coefficient (Wildman–Crippen LogP) is 3.98. The Kier molecular flexibility index (Phi) is 3.76. The van der Waals surface area contributed by atoms with E-state index in [2.05, 4.69) is 14.9 Å². The fourth-order valence-corrected chi connectivity index (χ4v) is 3.43. The molecule has 0 unspecified atom stereocenters. The number of benzene rings is 2. The molecular weight excluding hydrogens is 345 g/mol. The zero-order chi connectivity index (χ0) is 15.9. The van der Waals surface area contributed by atoms with E-state index in [0.29, 0.717) is 16.2 Å². The first-order valence-electron chi connectivity index (χ1n) is 6.29. The molecule has 3 rings (SSSR count). The lowest BCUT2D eigenvalue weighted by molar-refractivity contribution is 0.601. The number of nitrogens with one attached hydrogen (secondary N) is 2. The van der Waals surface area contributed by atoms with Gasteiger partial charge in [0.25, 0.3) is 10.0 Å². The predicted molar refractivity (Wildman–Crippen MR) is 88.1 cm³/mol. The van der Waals surface area contributed by atoms with Gasteiger partial charge in [-0.1, -0.05) is 23.2 Å². The Morgan fingerprint density at radius 3 is 2.59 bits per heavy atom. The zero-order valence-electron chi connectivity index (χ0n) is 11.4. The molecule has 0 spiro atoms. The Balaban J connectivity index is 2.00. The van der Waals surface area contributed by atoms with Crippen LogP contribution >= 0.6 is 23.2 Å². The summed E-state index contributed by atoms with van der Waals surface area (Å²) in [6, 6.07) is 9.28. The van der Waals surface area contributed by atoms with Crippen molar-refractivity contribution in [3.8, 4) is 0 Å². The number of aromatic nitrogens is 2. The second-order valence-electron chi connectivity index (χ2n) is 4.76. The van der Waals surface area contributed by atoms with Crippen molar-refractivity contribution in [3.05, 3.63) is 52.1 Å². The molecule has 0 fully saturated rings. The number of fused-ring (bicyclic) bond motifs is 1. The van der Waals surface area contributed by atoms with Crippen LogP contribution < -0.4 is 4.72 Å². The fraction of sp³-hybridized carbons (Fsp3) is 0.0714. The van der Waals surface area contributed by atoms with E-state index >= 15 is 0 Å². The van der Waals surface area contributed by atoms with Crippen molar-refractivity contribution in [2.45, 2.75) is 11.8 Å². The van der Waals surface area contributed by atoms with Gasteiger partial charge in [-0.2, -0.15) is 5.10 Å². The first kappa shape index (κ1) is 15.1. The van der Waals surface area contributed by atoms with Crippen LogP contribution in [0.25, 0.3) is 10.9 Å². The lowest BCUT2D eigenvalue weighted by Gasteiger charge is -2.09. The smallest absolute Gasteiger partial charge is 0.261 e. The number of nitrogens with zero attached hydrogens (tertiary/aromatic N) is 1. The highest BCUT2D eigenvalue weighted by Crippen LogP contribution is 2.27. The molecule has 0 bridgehead atoms. The van der Waals surface area contributed by atoms with Crippen LogP contribution in [0, 0.1) is 6.92 Å². The van der Waals surface area contributed by atoms with Crippen LogP contribution in [0.5, 0.6) is 0 Å². The van der Waals surface area contributed by atoms with E-state index in [4.69, 9.17) is 23.2 Å². The first-order valence-corrected chi connectivity index (χ1v) is 8.53. The molecule has 0 aliphatic carbocycles. The summed E-state index contributed by atoms with van der Waals surface area (Å²) in [5.41, 5.74) is 1.87. The number of hydrogen-bond acceptors (Lipinski definition) is 3. The van der Waals surface area contributed by atoms with E-state index in [1.807, 2.05) is 6.92 Å². The molecule has 114 valence electrons. The maximum Gasteiger partial charge on any atom is 0.261 e. The van der Waals surface area contributed by atoms with Crippen LogP contribution in [0.4, 0.5) is 5.69 Å². The van der Waals surface area contributed by atoms with Crippen LogP contribution in [0.2, 0.25) is 10.0 Å². The minimum Gasteiger partial charge on any atom is -0.282 e. The van der Waals surface area contributed by atoms with Gasteiger partial charge in [0.05, 0.1) is 26.1 Å². The molecule has 0 aliphatic heterocycles. The number of aryl methyl sites for hydroxylation is 1. The van der Waals surface area contributed by atoms with Gasteiger partial charge in [-0.05, 0) is 43.3 Å². The number of hydrogen-bond donors (Lipinski definition) is 2. The number of aromatic amines is 1. The Morgan fingerprint density at radius 1 is 1.09 bits per heavy atom. The highest BCUT2D eigenvalue weighted by atomic mass is 35.5. The summed E-state index contributed by atoms with van der Waals surface area (Å²) in [4.78, 5) is 0.149. The Morgan fingerprint density at radius 2 is 1.86 bits per heavy atom. The van der Waals surface area contributed by atoms with E-state index in [1.165, 1.54) is 18.2 Å². The van der Waals surface area contributed by atoms with Crippen LogP contribution in [0.15, 0.2) is 41.3 Å². The van der Waals surface area contributed by atoms with Gasteiger partial charge in [0.2, 0.25) is 0 Å². The number of halogens is 2. The molecule has 5 nitrogen and oxygen atoms in total. The normalized spacial score (nSPS) is 11.8. The van der Waals surface area contributed by atoms with Crippen molar-refractivity contribution in [1.29, 1.82) is 0 Å². The summed E-state index contributed by atoms with van der Waals surface area (Å²) in [7, 11) is -3.72. The van der Waals surface area contributed by atoms with E-state index in [9.17, 15) is 8.42 Å². The number of H-pyrrole nitrogens is 1. The Bertz CT molecular complexity index is 967. The van der Waals surface area contributed by atoms with E-state index < -0.39 is 10.0 Å². The molecule has 1 heterocycles. The molecule has 0 amide bonds. The maximum absolute atomic E-state index is 12.5. The van der Waals surface area contributed by atoms with Gasteiger partial charge in [-0.3, -0.25) is 9.82 Å². The second-order valence-corrected chi connectivity index (χ2v) is 7.26. The molecular formula is C14H11Cl2N3O2S. The second kappa shape index (κ2) is 5.46. The highest BCUT2D eigenvalue weighted by Gasteiger charge is 2.16. The Labute approximate surface area is 137 Å². The first-order chi connectivity index (χ1) is 10.4. The number of rotatable bonds is 3. The third-order valence-electron chi connectivity index (χ3n) is 3.20. The topological polar surface area (TPSA) is 74.8 Å². The van der Waals surface area contributed by atoms with E-state index in [1.54, 1.807) is 18.2 Å². The average molecular weight is 356 g/mol. The summed E-state index contributed by atoms with van der Waals surface area (Å²) >= 11 is 11.7. The molecule has 22 heavy (non-hydrogen) atoms. The largest absolute Gasteiger partial charge is 0.282 e. The molecule has 1 aromatic heterocycles. The summed E-state index contributed by atoms with van der Waals surface area (Å²) in [6.07, 6.45) is 0. The van der Waals surface area contributed by atoms with Crippen LogP contribution in [0.1, 0.15) is 5.69 Å². The van der Waals surface area contributed by atoms with Gasteiger partial charge in [-0.25, -0.2) is 8.42 Å². The third kappa shape index (κ3) is 2.77. The van der Waals surface area contributed by atoms with Gasteiger partial charge >= 0.3 is 0 Å². The van der Waals surface area contributed by atoms with Gasteiger partial charge in [0, 0.05) is 11.1 Å². The summed E-state index contributed by atoms with van der Waals surface area (Å²) in [5.74, 6) is 0. The van der Waals surface area contributed by atoms with Gasteiger partial charge < -0.3 is 0 Å². The van der Waals surface area contributed by atoms with Gasteiger partial charge in [0.15, 0.2) is 0 Å². The standard InChI is InChI=1S/C14H11Cl2N3O2S/c1-8-11-7-10(3-5-14(11)18-17-8)22(20,21)19-9-2-4-12(15)13(16)6-9/h2-7,19H,1H3,(H,17,18). The van der Waals surface area contributed by atoms with Crippen molar-refractivity contribution in [1.82, 2.24) is 10.2 Å². The maximum atomic E-state index is 12.5. The molecule has 0 radical (unpaired) electrons. The molecule has 0 atom stereocenters. The van der Waals surface area contributed by atoms with Crippen molar-refractivity contribution in [2.24, 2.45) is 0 Å². The monoisotopic (exact) mass is 355 g/mol. The van der Waals surface area contributed by atoms with Crippen molar-refractivity contribution < 1.29 is 8.42 Å². The fourth-order valence-electron chi connectivity index (χ4n) is 2.06. The van der Waals surface area contributed by atoms with Crippen LogP contribution in [-0.2, 0) is 10.0 Å². The molecule has 2 N–H and O–H groups in total. The number of anilines is 1. The highest BCUT2D eigenvalue weighted by molar-refractivity contribution is 7.92. The van der Waals surface area contributed by atoms with Crippen molar-refractivity contribution in [2.75, 3.05) is 4.72 Å². The molecule has 8 heteroatoms. The van der Waals surface area contributed by atoms with Crippen molar-refractivity contribution in [3.63, 3.8) is 0 Å². The SMILES string of the molecule is Cc1[nH]nc2ccc(S(=O)(=O)Nc3ccc(Cl)c(Cl)c3)cc12. The van der Waals surface area contributed by atoms with E-state index in [-0.39, 0.29) is 9.92 Å².